The highest BCUT2D eigenvalue weighted by molar-refractivity contribution is 5.28. The summed E-state index contributed by atoms with van der Waals surface area (Å²) in [7, 11) is 0. The fraction of sp³-hybridized carbons (Fsp3) is 0.667. The molecule has 0 saturated carbocycles. The van der Waals surface area contributed by atoms with E-state index in [0.717, 1.165) is 36.9 Å². The first-order valence-electron chi connectivity index (χ1n) is 7.73. The number of aromatic amines is 1. The molecule has 2 heterocycles. The van der Waals surface area contributed by atoms with Crippen molar-refractivity contribution in [2.24, 2.45) is 0 Å². The molecule has 0 spiro atoms. The molecule has 5 atom stereocenters. The summed E-state index contributed by atoms with van der Waals surface area (Å²) in [6, 6.07) is 1.28. The van der Waals surface area contributed by atoms with E-state index in [0.29, 0.717) is 0 Å². The van der Waals surface area contributed by atoms with Crippen LogP contribution in [0.1, 0.15) is 24.1 Å². The predicted octanol–water partition coefficient (Wildman–Crippen LogP) is -1.57. The van der Waals surface area contributed by atoms with Crippen molar-refractivity contribution in [2.45, 2.75) is 56.4 Å². The Morgan fingerprint density at radius 2 is 1.91 bits per heavy atom. The molecule has 1 fully saturated rings. The molecule has 0 radical (unpaired) electrons. The van der Waals surface area contributed by atoms with Crippen molar-refractivity contribution in [1.29, 1.82) is 0 Å². The first kappa shape index (κ1) is 16.4. The van der Waals surface area contributed by atoms with Gasteiger partial charge >= 0.3 is 0 Å². The van der Waals surface area contributed by atoms with Crippen LogP contribution in [0.5, 0.6) is 5.88 Å². The third-order valence-electron chi connectivity index (χ3n) is 4.39. The van der Waals surface area contributed by atoms with Crippen LogP contribution in [0.25, 0.3) is 0 Å². The molecule has 8 nitrogen and oxygen atoms in total. The number of hydrogen-bond donors (Lipinski definition) is 5. The highest BCUT2D eigenvalue weighted by Gasteiger charge is 2.44. The molecule has 0 bridgehead atoms. The van der Waals surface area contributed by atoms with E-state index < -0.39 is 37.3 Å². The van der Waals surface area contributed by atoms with E-state index >= 15 is 0 Å². The molecule has 8 heteroatoms. The van der Waals surface area contributed by atoms with Crippen LogP contribution in [-0.2, 0) is 17.6 Å². The first-order valence-corrected chi connectivity index (χ1v) is 7.73. The summed E-state index contributed by atoms with van der Waals surface area (Å²) in [6.45, 7) is -0.536. The highest BCUT2D eigenvalue weighted by Crippen LogP contribution is 2.24. The molecular weight excluding hydrogens is 306 g/mol. The Bertz CT molecular complexity index is 614. The second-order valence-corrected chi connectivity index (χ2v) is 5.98. The van der Waals surface area contributed by atoms with E-state index in [-0.39, 0.29) is 11.3 Å². The van der Waals surface area contributed by atoms with E-state index in [4.69, 9.17) is 14.6 Å². The molecule has 0 aromatic carbocycles. The van der Waals surface area contributed by atoms with Crippen molar-refractivity contribution >= 4 is 0 Å². The highest BCUT2D eigenvalue weighted by atomic mass is 16.7. The molecule has 3 unspecified atom stereocenters. The Labute approximate surface area is 132 Å². The number of hydrogen-bond acceptors (Lipinski definition) is 7. The van der Waals surface area contributed by atoms with Gasteiger partial charge < -0.3 is 34.9 Å². The fourth-order valence-electron chi connectivity index (χ4n) is 3.06. The van der Waals surface area contributed by atoms with Gasteiger partial charge in [0.2, 0.25) is 6.29 Å². The van der Waals surface area contributed by atoms with Crippen LogP contribution >= 0.6 is 0 Å². The van der Waals surface area contributed by atoms with Crippen LogP contribution in [0.15, 0.2) is 10.9 Å². The van der Waals surface area contributed by atoms with Gasteiger partial charge in [-0.1, -0.05) is 0 Å². The van der Waals surface area contributed by atoms with Crippen molar-refractivity contribution in [2.75, 3.05) is 6.61 Å². The maximum Gasteiger partial charge on any atom is 0.230 e. The number of pyridine rings is 1. The van der Waals surface area contributed by atoms with Crippen molar-refractivity contribution in [1.82, 2.24) is 4.98 Å². The van der Waals surface area contributed by atoms with Crippen molar-refractivity contribution in [3.8, 4) is 5.88 Å². The maximum atomic E-state index is 12.1. The standard InChI is InChI=1S/C15H21NO7/c17-6-10-12(19)13(20)14(21)15(22-10)23-11-5-9(18)7-3-1-2-4-8(7)16-11/h5,10,12-15,17,19-21H,1-4,6H2,(H,16,18)/t10?,12-,13?,14?,15+/m1/s1. The minimum atomic E-state index is -1.52. The minimum absolute atomic E-state index is 0.125. The summed E-state index contributed by atoms with van der Waals surface area (Å²) in [5, 5.41) is 38.6. The Hall–Kier alpha value is -1.45. The summed E-state index contributed by atoms with van der Waals surface area (Å²) in [4.78, 5) is 15.1. The van der Waals surface area contributed by atoms with Crippen molar-refractivity contribution in [3.63, 3.8) is 0 Å². The summed E-state index contributed by atoms with van der Waals surface area (Å²) < 4.78 is 10.7. The Kier molecular flexibility index (Phi) is 4.69. The minimum Gasteiger partial charge on any atom is -0.447 e. The second kappa shape index (κ2) is 6.58. The van der Waals surface area contributed by atoms with Gasteiger partial charge in [-0.15, -0.1) is 0 Å². The molecule has 1 saturated heterocycles. The largest absolute Gasteiger partial charge is 0.447 e. The van der Waals surface area contributed by atoms with Gasteiger partial charge in [0.1, 0.15) is 24.4 Å². The lowest BCUT2D eigenvalue weighted by Gasteiger charge is -2.39. The molecule has 1 aliphatic carbocycles. The Balaban J connectivity index is 1.81. The van der Waals surface area contributed by atoms with Gasteiger partial charge in [-0.25, -0.2) is 0 Å². The van der Waals surface area contributed by atoms with Crippen LogP contribution < -0.4 is 10.2 Å². The lowest BCUT2D eigenvalue weighted by Crippen LogP contribution is -2.60. The number of ether oxygens (including phenoxy) is 2. The summed E-state index contributed by atoms with van der Waals surface area (Å²) >= 11 is 0. The number of aliphatic hydroxyl groups is 4. The monoisotopic (exact) mass is 327 g/mol. The molecule has 5 N–H and O–H groups in total. The topological polar surface area (TPSA) is 132 Å². The van der Waals surface area contributed by atoms with E-state index in [1.165, 1.54) is 6.07 Å². The van der Waals surface area contributed by atoms with Gasteiger partial charge in [0.15, 0.2) is 11.3 Å². The number of aromatic nitrogens is 1. The molecule has 1 aliphatic heterocycles. The van der Waals surface area contributed by atoms with Crippen molar-refractivity contribution < 1.29 is 29.9 Å². The van der Waals surface area contributed by atoms with E-state index in [1.54, 1.807) is 0 Å². The van der Waals surface area contributed by atoms with Crippen LogP contribution in [-0.4, -0.2) is 62.7 Å². The molecular formula is C15H21NO7. The zero-order valence-corrected chi connectivity index (χ0v) is 12.5. The van der Waals surface area contributed by atoms with Crippen LogP contribution in [0, 0.1) is 0 Å². The van der Waals surface area contributed by atoms with Gasteiger partial charge in [0.25, 0.3) is 0 Å². The van der Waals surface area contributed by atoms with E-state index in [2.05, 4.69) is 4.98 Å². The Morgan fingerprint density at radius 1 is 1.17 bits per heavy atom. The average molecular weight is 327 g/mol. The van der Waals surface area contributed by atoms with Crippen LogP contribution in [0.2, 0.25) is 0 Å². The second-order valence-electron chi connectivity index (χ2n) is 5.98. The van der Waals surface area contributed by atoms with Crippen LogP contribution in [0.4, 0.5) is 0 Å². The fourth-order valence-corrected chi connectivity index (χ4v) is 3.06. The molecule has 23 heavy (non-hydrogen) atoms. The first-order chi connectivity index (χ1) is 11.0. The molecule has 2 aliphatic rings. The smallest absolute Gasteiger partial charge is 0.230 e. The predicted molar refractivity (Wildman–Crippen MR) is 78.1 cm³/mol. The zero-order valence-electron chi connectivity index (χ0n) is 12.5. The molecule has 3 rings (SSSR count). The summed E-state index contributed by atoms with van der Waals surface area (Å²) in [5.74, 6) is 0.125. The number of aliphatic hydroxyl groups excluding tert-OH is 4. The maximum absolute atomic E-state index is 12.1. The number of H-pyrrole nitrogens is 1. The molecule has 128 valence electrons. The normalized spacial score (nSPS) is 34.0. The lowest BCUT2D eigenvalue weighted by molar-refractivity contribution is -0.278. The zero-order chi connectivity index (χ0) is 16.6. The van der Waals surface area contributed by atoms with Gasteiger partial charge in [-0.3, -0.25) is 4.79 Å². The quantitative estimate of drug-likeness (QED) is 0.453. The summed E-state index contributed by atoms with van der Waals surface area (Å²) in [6.07, 6.45) is -3.40. The van der Waals surface area contributed by atoms with E-state index in [9.17, 15) is 20.1 Å². The van der Waals surface area contributed by atoms with Gasteiger partial charge in [-0.05, 0) is 25.7 Å². The third kappa shape index (κ3) is 3.13. The van der Waals surface area contributed by atoms with Gasteiger partial charge in [0, 0.05) is 17.3 Å². The summed E-state index contributed by atoms with van der Waals surface area (Å²) in [5.41, 5.74) is 1.42. The number of aryl methyl sites for hydroxylation is 1. The van der Waals surface area contributed by atoms with Gasteiger partial charge in [0.05, 0.1) is 6.61 Å². The SMILES string of the molecule is O=c1cc(O[C@@H]2OC(CO)[C@@H](O)C(O)C2O)[nH]c2c1CCCC2. The third-order valence-corrected chi connectivity index (χ3v) is 4.39. The van der Waals surface area contributed by atoms with E-state index in [1.807, 2.05) is 0 Å². The number of rotatable bonds is 3. The van der Waals surface area contributed by atoms with Gasteiger partial charge in [-0.2, -0.15) is 0 Å². The average Bonchev–Trinajstić information content (AvgIpc) is 2.55. The molecule has 1 aromatic heterocycles. The number of fused-ring (bicyclic) bond motifs is 1. The van der Waals surface area contributed by atoms with Crippen molar-refractivity contribution in [3.05, 3.63) is 27.5 Å². The molecule has 1 aromatic rings. The molecule has 0 amide bonds. The number of nitrogens with one attached hydrogen (secondary N) is 1. The van der Waals surface area contributed by atoms with Crippen LogP contribution in [0.3, 0.4) is 0 Å². The Morgan fingerprint density at radius 3 is 2.65 bits per heavy atom. The lowest BCUT2D eigenvalue weighted by atomic mass is 9.96.